The molecule has 0 aliphatic heterocycles. The number of ether oxygens (including phenoxy) is 2. The fourth-order valence-corrected chi connectivity index (χ4v) is 2.60. The Morgan fingerprint density at radius 3 is 2.68 bits per heavy atom. The van der Waals surface area contributed by atoms with Crippen molar-refractivity contribution in [1.29, 1.82) is 0 Å². The van der Waals surface area contributed by atoms with E-state index in [1.165, 1.54) is 5.56 Å². The molecule has 2 N–H and O–H groups in total. The molecule has 0 saturated carbocycles. The summed E-state index contributed by atoms with van der Waals surface area (Å²) in [6.07, 6.45) is 1.72. The lowest BCUT2D eigenvalue weighted by Gasteiger charge is -2.16. The van der Waals surface area contributed by atoms with Gasteiger partial charge in [-0.3, -0.25) is 0 Å². The number of nitrogens with two attached hydrogens (primary N) is 1. The molecule has 1 aromatic carbocycles. The molecule has 0 heterocycles. The van der Waals surface area contributed by atoms with E-state index < -0.39 is 0 Å². The summed E-state index contributed by atoms with van der Waals surface area (Å²) in [7, 11) is 0. The van der Waals surface area contributed by atoms with Crippen molar-refractivity contribution in [3.63, 3.8) is 0 Å². The molecule has 1 aromatic rings. The van der Waals surface area contributed by atoms with E-state index in [4.69, 9.17) is 15.2 Å². The minimum Gasteiger partial charge on any atom is -0.493 e. The molecule has 1 atom stereocenters. The second-order valence-electron chi connectivity index (χ2n) is 4.79. The summed E-state index contributed by atoms with van der Waals surface area (Å²) in [6, 6.07) is 4.29. The van der Waals surface area contributed by atoms with Crippen LogP contribution < -0.4 is 10.5 Å². The predicted molar refractivity (Wildman–Crippen MR) is 82.8 cm³/mol. The van der Waals surface area contributed by atoms with E-state index in [9.17, 15) is 0 Å². The number of hydrogen-bond donors (Lipinski definition) is 1. The lowest BCUT2D eigenvalue weighted by Crippen LogP contribution is -2.18. The van der Waals surface area contributed by atoms with Crippen molar-refractivity contribution < 1.29 is 9.47 Å². The fraction of sp³-hybridized carbons (Fsp3) is 0.600. The van der Waals surface area contributed by atoms with Gasteiger partial charge in [-0.2, -0.15) is 0 Å². The number of aryl methyl sites for hydroxylation is 1. The molecule has 0 aliphatic rings. The molecule has 3 nitrogen and oxygen atoms in total. The van der Waals surface area contributed by atoms with Crippen LogP contribution in [0.1, 0.15) is 31.4 Å². The van der Waals surface area contributed by atoms with Gasteiger partial charge in [0, 0.05) is 30.1 Å². The molecule has 0 bridgehead atoms. The molecule has 108 valence electrons. The summed E-state index contributed by atoms with van der Waals surface area (Å²) in [5, 5.41) is 0. The minimum atomic E-state index is 0.125. The molecular weight excluding hydrogens is 306 g/mol. The third-order valence-electron chi connectivity index (χ3n) is 2.74. The number of rotatable bonds is 8. The van der Waals surface area contributed by atoms with Crippen LogP contribution in [0.3, 0.4) is 0 Å². The monoisotopic (exact) mass is 329 g/mol. The first kappa shape index (κ1) is 16.5. The Bertz CT molecular complexity index is 394. The Morgan fingerprint density at radius 2 is 2.05 bits per heavy atom. The Balaban J connectivity index is 2.68. The molecule has 0 spiro atoms. The third kappa shape index (κ3) is 5.93. The zero-order valence-electron chi connectivity index (χ0n) is 12.0. The van der Waals surface area contributed by atoms with Crippen molar-refractivity contribution in [2.24, 2.45) is 5.73 Å². The van der Waals surface area contributed by atoms with Gasteiger partial charge in [0.15, 0.2) is 0 Å². The molecule has 4 heteroatoms. The van der Waals surface area contributed by atoms with Crippen molar-refractivity contribution in [2.45, 2.75) is 39.7 Å². The maximum absolute atomic E-state index is 5.91. The summed E-state index contributed by atoms with van der Waals surface area (Å²) < 4.78 is 12.3. The van der Waals surface area contributed by atoms with E-state index in [1.54, 1.807) is 0 Å². The van der Waals surface area contributed by atoms with Crippen LogP contribution in [-0.4, -0.2) is 25.9 Å². The summed E-state index contributed by atoms with van der Waals surface area (Å²) in [6.45, 7) is 8.25. The highest BCUT2D eigenvalue weighted by Crippen LogP contribution is 2.29. The Hall–Kier alpha value is -0.580. The van der Waals surface area contributed by atoms with Crippen LogP contribution in [0.25, 0.3) is 0 Å². The Labute approximate surface area is 124 Å². The van der Waals surface area contributed by atoms with Crippen LogP contribution in [0.5, 0.6) is 5.75 Å². The summed E-state index contributed by atoms with van der Waals surface area (Å²) in [4.78, 5) is 0. The molecule has 0 aliphatic carbocycles. The van der Waals surface area contributed by atoms with Crippen LogP contribution in [0, 0.1) is 6.92 Å². The molecule has 0 amide bonds. The lowest BCUT2D eigenvalue weighted by atomic mass is 10.0. The first-order valence-electron chi connectivity index (χ1n) is 6.79. The summed E-state index contributed by atoms with van der Waals surface area (Å²) >= 11 is 3.52. The maximum atomic E-state index is 5.91. The largest absolute Gasteiger partial charge is 0.493 e. The van der Waals surface area contributed by atoms with Crippen LogP contribution in [0.2, 0.25) is 0 Å². The molecule has 1 unspecified atom stereocenters. The van der Waals surface area contributed by atoms with E-state index in [2.05, 4.69) is 35.0 Å². The van der Waals surface area contributed by atoms with Gasteiger partial charge >= 0.3 is 0 Å². The van der Waals surface area contributed by atoms with Crippen LogP contribution in [-0.2, 0) is 11.2 Å². The van der Waals surface area contributed by atoms with E-state index in [1.807, 2.05) is 13.8 Å². The lowest BCUT2D eigenvalue weighted by molar-refractivity contribution is 0.130. The van der Waals surface area contributed by atoms with Crippen molar-refractivity contribution in [2.75, 3.05) is 19.8 Å². The Morgan fingerprint density at radius 1 is 1.32 bits per heavy atom. The zero-order chi connectivity index (χ0) is 14.3. The normalized spacial score (nSPS) is 12.5. The quantitative estimate of drug-likeness (QED) is 0.743. The molecular formula is C15H24BrNO2. The average Bonchev–Trinajstić information content (AvgIpc) is 2.30. The van der Waals surface area contributed by atoms with Gasteiger partial charge in [0.1, 0.15) is 5.75 Å². The van der Waals surface area contributed by atoms with Crippen molar-refractivity contribution >= 4 is 15.9 Å². The fourth-order valence-electron chi connectivity index (χ4n) is 1.98. The highest BCUT2D eigenvalue weighted by atomic mass is 79.9. The van der Waals surface area contributed by atoms with Crippen molar-refractivity contribution in [3.8, 4) is 5.75 Å². The van der Waals surface area contributed by atoms with E-state index in [0.29, 0.717) is 6.61 Å². The molecule has 1 rings (SSSR count). The van der Waals surface area contributed by atoms with Crippen LogP contribution >= 0.6 is 15.9 Å². The van der Waals surface area contributed by atoms with Gasteiger partial charge in [-0.25, -0.2) is 0 Å². The van der Waals surface area contributed by atoms with Crippen LogP contribution in [0.4, 0.5) is 0 Å². The first-order chi connectivity index (χ1) is 9.04. The summed E-state index contributed by atoms with van der Waals surface area (Å²) in [5.41, 5.74) is 8.20. The second kappa shape index (κ2) is 8.56. The smallest absolute Gasteiger partial charge is 0.125 e. The standard InChI is InChI=1S/C15H24BrNO2/c1-4-18-6-5-7-19-15-11(2)8-14(16)10-13(15)9-12(3)17/h8,10,12H,4-7,9,17H2,1-3H3. The van der Waals surface area contributed by atoms with E-state index >= 15 is 0 Å². The van der Waals surface area contributed by atoms with Gasteiger partial charge in [0.2, 0.25) is 0 Å². The molecule has 0 radical (unpaired) electrons. The van der Waals surface area contributed by atoms with Gasteiger partial charge in [0.25, 0.3) is 0 Å². The highest BCUT2D eigenvalue weighted by molar-refractivity contribution is 9.10. The number of benzene rings is 1. The van der Waals surface area contributed by atoms with Gasteiger partial charge in [-0.1, -0.05) is 15.9 Å². The molecule has 0 saturated heterocycles. The van der Waals surface area contributed by atoms with Crippen molar-refractivity contribution in [3.05, 3.63) is 27.7 Å². The second-order valence-corrected chi connectivity index (χ2v) is 5.71. The zero-order valence-corrected chi connectivity index (χ0v) is 13.6. The topological polar surface area (TPSA) is 44.5 Å². The number of hydrogen-bond acceptors (Lipinski definition) is 3. The van der Waals surface area contributed by atoms with Gasteiger partial charge < -0.3 is 15.2 Å². The maximum Gasteiger partial charge on any atom is 0.125 e. The van der Waals surface area contributed by atoms with E-state index in [0.717, 1.165) is 41.8 Å². The number of halogens is 1. The molecule has 19 heavy (non-hydrogen) atoms. The van der Waals surface area contributed by atoms with Gasteiger partial charge in [-0.15, -0.1) is 0 Å². The van der Waals surface area contributed by atoms with Crippen LogP contribution in [0.15, 0.2) is 16.6 Å². The Kier molecular flexibility index (Phi) is 7.42. The minimum absolute atomic E-state index is 0.125. The van der Waals surface area contributed by atoms with Crippen molar-refractivity contribution in [1.82, 2.24) is 0 Å². The average molecular weight is 330 g/mol. The molecule has 0 fully saturated rings. The predicted octanol–water partition coefficient (Wildman–Crippen LogP) is 3.45. The SMILES string of the molecule is CCOCCCOc1c(C)cc(Br)cc1CC(C)N. The molecule has 0 aromatic heterocycles. The first-order valence-corrected chi connectivity index (χ1v) is 7.59. The summed E-state index contributed by atoms with van der Waals surface area (Å²) in [5.74, 6) is 0.969. The van der Waals surface area contributed by atoms with E-state index in [-0.39, 0.29) is 6.04 Å². The third-order valence-corrected chi connectivity index (χ3v) is 3.20. The highest BCUT2D eigenvalue weighted by Gasteiger charge is 2.10. The van der Waals surface area contributed by atoms with Gasteiger partial charge in [0.05, 0.1) is 6.61 Å². The van der Waals surface area contributed by atoms with Gasteiger partial charge in [-0.05, 0) is 50.5 Å².